The van der Waals surface area contributed by atoms with Gasteiger partial charge in [0.05, 0.1) is 13.7 Å². The lowest BCUT2D eigenvalue weighted by Gasteiger charge is -2.07. The molecule has 0 saturated carbocycles. The maximum Gasteiger partial charge on any atom is 0.213 e. The van der Waals surface area contributed by atoms with E-state index in [-0.39, 0.29) is 0 Å². The zero-order chi connectivity index (χ0) is 12.1. The van der Waals surface area contributed by atoms with Crippen molar-refractivity contribution in [3.8, 4) is 5.75 Å². The molecule has 0 fully saturated rings. The van der Waals surface area contributed by atoms with E-state index in [1.807, 2.05) is 19.1 Å². The van der Waals surface area contributed by atoms with Crippen molar-refractivity contribution >= 4 is 0 Å². The molecular formula is C12H15N3O2. The number of nitrogens with zero attached hydrogens (tertiary/aromatic N) is 2. The summed E-state index contributed by atoms with van der Waals surface area (Å²) in [6.45, 7) is 3.39. The number of hydrogen-bond donors (Lipinski definition) is 1. The average molecular weight is 233 g/mol. The summed E-state index contributed by atoms with van der Waals surface area (Å²) in [7, 11) is 1.68. The molecule has 0 aliphatic carbocycles. The van der Waals surface area contributed by atoms with Crippen LogP contribution in [0.4, 0.5) is 0 Å². The summed E-state index contributed by atoms with van der Waals surface area (Å²) in [4.78, 5) is 3.93. The Labute approximate surface area is 99.8 Å². The van der Waals surface area contributed by atoms with Crippen LogP contribution in [0.2, 0.25) is 0 Å². The first-order chi connectivity index (χ1) is 8.29. The summed E-state index contributed by atoms with van der Waals surface area (Å²) in [5, 5.41) is 6.97. The average Bonchev–Trinajstić information content (AvgIpc) is 2.82. The molecular weight excluding hydrogens is 218 g/mol. The largest absolute Gasteiger partial charge is 0.496 e. The molecule has 0 aliphatic heterocycles. The van der Waals surface area contributed by atoms with Crippen molar-refractivity contribution in [2.24, 2.45) is 0 Å². The second kappa shape index (κ2) is 5.45. The highest BCUT2D eigenvalue weighted by molar-refractivity contribution is 5.36. The lowest BCUT2D eigenvalue weighted by Crippen LogP contribution is -2.13. The second-order valence-corrected chi connectivity index (χ2v) is 3.75. The zero-order valence-corrected chi connectivity index (χ0v) is 9.93. The molecule has 1 aromatic carbocycles. The normalized spacial score (nSPS) is 10.5. The summed E-state index contributed by atoms with van der Waals surface area (Å²) < 4.78 is 9.86. The molecule has 0 unspecified atom stereocenters. The van der Waals surface area contributed by atoms with Crippen LogP contribution in [0.3, 0.4) is 0 Å². The van der Waals surface area contributed by atoms with Crippen LogP contribution in [-0.4, -0.2) is 17.3 Å². The molecule has 0 radical (unpaired) electrons. The Morgan fingerprint density at radius 2 is 2.24 bits per heavy atom. The van der Waals surface area contributed by atoms with Gasteiger partial charge in [-0.25, -0.2) is 0 Å². The van der Waals surface area contributed by atoms with Crippen LogP contribution < -0.4 is 10.1 Å². The van der Waals surface area contributed by atoms with Crippen molar-refractivity contribution in [3.05, 3.63) is 41.5 Å². The van der Waals surface area contributed by atoms with E-state index in [9.17, 15) is 0 Å². The fourth-order valence-corrected chi connectivity index (χ4v) is 1.64. The predicted octanol–water partition coefficient (Wildman–Crippen LogP) is 1.68. The number of hydrogen-bond acceptors (Lipinski definition) is 5. The summed E-state index contributed by atoms with van der Waals surface area (Å²) in [5.41, 5.74) is 2.33. The molecule has 5 heteroatoms. The van der Waals surface area contributed by atoms with Crippen LogP contribution in [0.1, 0.15) is 17.0 Å². The molecule has 0 saturated heterocycles. The summed E-state index contributed by atoms with van der Waals surface area (Å²) in [6, 6.07) is 6.11. The quantitative estimate of drug-likeness (QED) is 0.851. The van der Waals surface area contributed by atoms with E-state index < -0.39 is 0 Å². The highest BCUT2D eigenvalue weighted by atomic mass is 16.5. The topological polar surface area (TPSA) is 60.2 Å². The molecule has 17 heavy (non-hydrogen) atoms. The Hall–Kier alpha value is -1.88. The SMILES string of the molecule is COc1ccc(CNCc2ncon2)cc1C. The lowest BCUT2D eigenvalue weighted by molar-refractivity contribution is 0.407. The maximum atomic E-state index is 5.21. The van der Waals surface area contributed by atoms with Crippen molar-refractivity contribution in [2.45, 2.75) is 20.0 Å². The minimum absolute atomic E-state index is 0.599. The minimum Gasteiger partial charge on any atom is -0.496 e. The standard InChI is InChI=1S/C12H15N3O2/c1-9-5-10(3-4-11(9)16-2)6-13-7-12-14-8-17-15-12/h3-5,8,13H,6-7H2,1-2H3. The Kier molecular flexibility index (Phi) is 3.72. The summed E-state index contributed by atoms with van der Waals surface area (Å²) in [6.07, 6.45) is 1.33. The second-order valence-electron chi connectivity index (χ2n) is 3.75. The third-order valence-corrected chi connectivity index (χ3v) is 2.48. The van der Waals surface area contributed by atoms with Gasteiger partial charge in [-0.3, -0.25) is 0 Å². The zero-order valence-electron chi connectivity index (χ0n) is 9.93. The molecule has 1 N–H and O–H groups in total. The van der Waals surface area contributed by atoms with Gasteiger partial charge >= 0.3 is 0 Å². The highest BCUT2D eigenvalue weighted by Gasteiger charge is 2.01. The number of aryl methyl sites for hydroxylation is 1. The van der Waals surface area contributed by atoms with Gasteiger partial charge in [-0.05, 0) is 24.1 Å². The van der Waals surface area contributed by atoms with Crippen LogP contribution in [-0.2, 0) is 13.1 Å². The molecule has 2 aromatic rings. The lowest BCUT2D eigenvalue weighted by atomic mass is 10.1. The highest BCUT2D eigenvalue weighted by Crippen LogP contribution is 2.18. The molecule has 2 rings (SSSR count). The van der Waals surface area contributed by atoms with Crippen molar-refractivity contribution in [3.63, 3.8) is 0 Å². The van der Waals surface area contributed by atoms with Crippen LogP contribution in [0, 0.1) is 6.92 Å². The first kappa shape index (κ1) is 11.6. The molecule has 5 nitrogen and oxygen atoms in total. The van der Waals surface area contributed by atoms with Crippen LogP contribution in [0.25, 0.3) is 0 Å². The number of benzene rings is 1. The van der Waals surface area contributed by atoms with E-state index in [1.54, 1.807) is 7.11 Å². The first-order valence-corrected chi connectivity index (χ1v) is 5.39. The van der Waals surface area contributed by atoms with Gasteiger partial charge in [-0.1, -0.05) is 17.3 Å². The van der Waals surface area contributed by atoms with E-state index in [1.165, 1.54) is 12.0 Å². The van der Waals surface area contributed by atoms with Gasteiger partial charge in [0, 0.05) is 6.54 Å². The van der Waals surface area contributed by atoms with Crippen molar-refractivity contribution in [1.82, 2.24) is 15.5 Å². The molecule has 0 spiro atoms. The Morgan fingerprint density at radius 3 is 2.88 bits per heavy atom. The van der Waals surface area contributed by atoms with Gasteiger partial charge in [0.2, 0.25) is 6.39 Å². The van der Waals surface area contributed by atoms with E-state index in [2.05, 4.69) is 26.0 Å². The Balaban J connectivity index is 1.89. The van der Waals surface area contributed by atoms with Gasteiger partial charge < -0.3 is 14.6 Å². The number of methoxy groups -OCH3 is 1. The molecule has 0 atom stereocenters. The Bertz CT molecular complexity index is 469. The number of nitrogens with one attached hydrogen (secondary N) is 1. The first-order valence-electron chi connectivity index (χ1n) is 5.39. The van der Waals surface area contributed by atoms with Gasteiger partial charge in [-0.2, -0.15) is 4.98 Å². The monoisotopic (exact) mass is 233 g/mol. The fourth-order valence-electron chi connectivity index (χ4n) is 1.64. The number of rotatable bonds is 5. The number of ether oxygens (including phenoxy) is 1. The van der Waals surface area contributed by atoms with E-state index in [0.717, 1.165) is 17.9 Å². The molecule has 1 heterocycles. The number of aromatic nitrogens is 2. The molecule has 90 valence electrons. The van der Waals surface area contributed by atoms with Gasteiger partial charge in [0.25, 0.3) is 0 Å². The summed E-state index contributed by atoms with van der Waals surface area (Å²) in [5.74, 6) is 1.57. The van der Waals surface area contributed by atoms with Crippen molar-refractivity contribution < 1.29 is 9.26 Å². The van der Waals surface area contributed by atoms with Crippen molar-refractivity contribution in [1.29, 1.82) is 0 Å². The summed E-state index contributed by atoms with van der Waals surface area (Å²) >= 11 is 0. The minimum atomic E-state index is 0.599. The van der Waals surface area contributed by atoms with Crippen LogP contribution in [0.15, 0.2) is 29.1 Å². The third kappa shape index (κ3) is 3.04. The molecule has 0 bridgehead atoms. The predicted molar refractivity (Wildman–Crippen MR) is 62.6 cm³/mol. The molecule has 0 aliphatic rings. The van der Waals surface area contributed by atoms with E-state index in [4.69, 9.17) is 4.74 Å². The van der Waals surface area contributed by atoms with Crippen LogP contribution in [0.5, 0.6) is 5.75 Å². The maximum absolute atomic E-state index is 5.21. The smallest absolute Gasteiger partial charge is 0.213 e. The van der Waals surface area contributed by atoms with Crippen molar-refractivity contribution in [2.75, 3.05) is 7.11 Å². The third-order valence-electron chi connectivity index (χ3n) is 2.48. The van der Waals surface area contributed by atoms with Gasteiger partial charge in [0.15, 0.2) is 5.82 Å². The Morgan fingerprint density at radius 1 is 1.35 bits per heavy atom. The molecule has 0 amide bonds. The van der Waals surface area contributed by atoms with E-state index >= 15 is 0 Å². The van der Waals surface area contributed by atoms with Gasteiger partial charge in [-0.15, -0.1) is 0 Å². The molecule has 1 aromatic heterocycles. The van der Waals surface area contributed by atoms with Gasteiger partial charge in [0.1, 0.15) is 5.75 Å². The fraction of sp³-hybridized carbons (Fsp3) is 0.333. The van der Waals surface area contributed by atoms with E-state index in [0.29, 0.717) is 12.4 Å². The van der Waals surface area contributed by atoms with Crippen LogP contribution >= 0.6 is 0 Å².